The van der Waals surface area contributed by atoms with Crippen molar-refractivity contribution in [2.24, 2.45) is 0 Å². The first kappa shape index (κ1) is 18.8. The van der Waals surface area contributed by atoms with Gasteiger partial charge in [0.05, 0.1) is 12.2 Å². The SMILES string of the molecule is CCCC(NC(C)C(=O)OC(=O)c1ccccc1)C(=O)OCC. The van der Waals surface area contributed by atoms with Crippen LogP contribution in [0.25, 0.3) is 0 Å². The van der Waals surface area contributed by atoms with Gasteiger partial charge in [0.2, 0.25) is 0 Å². The van der Waals surface area contributed by atoms with E-state index >= 15 is 0 Å². The molecule has 0 saturated carbocycles. The van der Waals surface area contributed by atoms with Crippen molar-refractivity contribution in [3.63, 3.8) is 0 Å². The van der Waals surface area contributed by atoms with Gasteiger partial charge in [-0.1, -0.05) is 31.5 Å². The standard InChI is InChI=1S/C17H23NO5/c1-4-9-14(17(21)22-5-2)18-12(3)15(19)23-16(20)13-10-7-6-8-11-13/h6-8,10-12,14,18H,4-5,9H2,1-3H3. The molecule has 1 aromatic rings. The molecule has 0 aliphatic carbocycles. The van der Waals surface area contributed by atoms with Gasteiger partial charge in [0.1, 0.15) is 12.1 Å². The lowest BCUT2D eigenvalue weighted by Crippen LogP contribution is -2.47. The molecule has 0 heterocycles. The highest BCUT2D eigenvalue weighted by Crippen LogP contribution is 2.05. The van der Waals surface area contributed by atoms with E-state index in [1.807, 2.05) is 6.92 Å². The second kappa shape index (κ2) is 9.74. The van der Waals surface area contributed by atoms with Crippen molar-refractivity contribution in [2.75, 3.05) is 6.61 Å². The summed E-state index contributed by atoms with van der Waals surface area (Å²) in [7, 11) is 0. The third kappa shape index (κ3) is 6.20. The molecular formula is C17H23NO5. The van der Waals surface area contributed by atoms with E-state index < -0.39 is 30.0 Å². The molecule has 0 amide bonds. The zero-order chi connectivity index (χ0) is 17.2. The topological polar surface area (TPSA) is 81.7 Å². The molecular weight excluding hydrogens is 298 g/mol. The molecule has 1 N–H and O–H groups in total. The van der Waals surface area contributed by atoms with E-state index in [0.717, 1.165) is 6.42 Å². The Morgan fingerprint density at radius 2 is 1.74 bits per heavy atom. The predicted octanol–water partition coefficient (Wildman–Crippen LogP) is 2.08. The average Bonchev–Trinajstić information content (AvgIpc) is 2.55. The fourth-order valence-electron chi connectivity index (χ4n) is 1.98. The third-order valence-corrected chi connectivity index (χ3v) is 3.16. The van der Waals surface area contributed by atoms with Crippen LogP contribution in [0.2, 0.25) is 0 Å². The maximum Gasteiger partial charge on any atom is 0.345 e. The van der Waals surface area contributed by atoms with Crippen molar-refractivity contribution >= 4 is 17.9 Å². The van der Waals surface area contributed by atoms with Crippen molar-refractivity contribution in [2.45, 2.75) is 45.7 Å². The van der Waals surface area contributed by atoms with E-state index in [4.69, 9.17) is 9.47 Å². The Morgan fingerprint density at radius 1 is 1.09 bits per heavy atom. The first-order valence-electron chi connectivity index (χ1n) is 7.73. The smallest absolute Gasteiger partial charge is 0.345 e. The number of nitrogens with one attached hydrogen (secondary N) is 1. The first-order valence-corrected chi connectivity index (χ1v) is 7.73. The summed E-state index contributed by atoms with van der Waals surface area (Å²) in [6.45, 7) is 5.46. The summed E-state index contributed by atoms with van der Waals surface area (Å²) in [6.07, 6.45) is 1.28. The minimum Gasteiger partial charge on any atom is -0.465 e. The molecule has 0 radical (unpaired) electrons. The highest BCUT2D eigenvalue weighted by Gasteiger charge is 2.26. The van der Waals surface area contributed by atoms with Gasteiger partial charge in [0, 0.05) is 0 Å². The van der Waals surface area contributed by atoms with Crippen LogP contribution in [0.5, 0.6) is 0 Å². The van der Waals surface area contributed by atoms with E-state index in [-0.39, 0.29) is 6.61 Å². The molecule has 0 spiro atoms. The molecule has 0 saturated heterocycles. The van der Waals surface area contributed by atoms with Gasteiger partial charge in [-0.25, -0.2) is 9.59 Å². The predicted molar refractivity (Wildman–Crippen MR) is 84.8 cm³/mol. The van der Waals surface area contributed by atoms with Crippen LogP contribution in [0, 0.1) is 0 Å². The molecule has 0 bridgehead atoms. The van der Waals surface area contributed by atoms with Crippen LogP contribution >= 0.6 is 0 Å². The molecule has 0 aromatic heterocycles. The lowest BCUT2D eigenvalue weighted by Gasteiger charge is -2.20. The summed E-state index contributed by atoms with van der Waals surface area (Å²) in [6, 6.07) is 6.84. The molecule has 2 unspecified atom stereocenters. The second-order valence-corrected chi connectivity index (χ2v) is 5.06. The molecule has 1 aromatic carbocycles. The average molecular weight is 321 g/mol. The van der Waals surface area contributed by atoms with E-state index in [0.29, 0.717) is 12.0 Å². The lowest BCUT2D eigenvalue weighted by molar-refractivity contribution is -0.147. The van der Waals surface area contributed by atoms with Crippen LogP contribution < -0.4 is 5.32 Å². The minimum absolute atomic E-state index is 0.270. The summed E-state index contributed by atoms with van der Waals surface area (Å²) in [5, 5.41) is 2.86. The molecule has 0 aliphatic heterocycles. The van der Waals surface area contributed by atoms with Crippen molar-refractivity contribution in [1.82, 2.24) is 5.32 Å². The summed E-state index contributed by atoms with van der Waals surface area (Å²) in [5.41, 5.74) is 0.295. The van der Waals surface area contributed by atoms with Gasteiger partial charge < -0.3 is 9.47 Å². The third-order valence-electron chi connectivity index (χ3n) is 3.16. The number of hydrogen-bond acceptors (Lipinski definition) is 6. The fraction of sp³-hybridized carbons (Fsp3) is 0.471. The quantitative estimate of drug-likeness (QED) is 0.583. The Morgan fingerprint density at radius 3 is 2.30 bits per heavy atom. The molecule has 0 aliphatic rings. The summed E-state index contributed by atoms with van der Waals surface area (Å²) < 4.78 is 9.79. The number of benzene rings is 1. The fourth-order valence-corrected chi connectivity index (χ4v) is 1.98. The number of esters is 3. The van der Waals surface area contributed by atoms with Crippen molar-refractivity contribution in [1.29, 1.82) is 0 Å². The Labute approximate surface area is 136 Å². The van der Waals surface area contributed by atoms with Gasteiger partial charge in [0.15, 0.2) is 0 Å². The molecule has 6 nitrogen and oxygen atoms in total. The number of hydrogen-bond donors (Lipinski definition) is 1. The number of ether oxygens (including phenoxy) is 2. The maximum absolute atomic E-state index is 12.0. The maximum atomic E-state index is 12.0. The monoisotopic (exact) mass is 321 g/mol. The largest absolute Gasteiger partial charge is 0.465 e. The van der Waals surface area contributed by atoms with E-state index in [1.165, 1.54) is 0 Å². The molecule has 6 heteroatoms. The summed E-state index contributed by atoms with van der Waals surface area (Å²) in [5.74, 6) is -1.86. The van der Waals surface area contributed by atoms with Gasteiger partial charge in [-0.2, -0.15) is 0 Å². The molecule has 2 atom stereocenters. The van der Waals surface area contributed by atoms with Crippen LogP contribution in [-0.2, 0) is 19.1 Å². The van der Waals surface area contributed by atoms with Crippen LogP contribution in [-0.4, -0.2) is 36.6 Å². The lowest BCUT2D eigenvalue weighted by atomic mass is 10.1. The van der Waals surface area contributed by atoms with Gasteiger partial charge >= 0.3 is 17.9 Å². The number of rotatable bonds is 8. The summed E-state index contributed by atoms with van der Waals surface area (Å²) >= 11 is 0. The van der Waals surface area contributed by atoms with Crippen molar-refractivity contribution in [3.05, 3.63) is 35.9 Å². The highest BCUT2D eigenvalue weighted by molar-refractivity contribution is 5.98. The van der Waals surface area contributed by atoms with Crippen LogP contribution in [0.4, 0.5) is 0 Å². The van der Waals surface area contributed by atoms with Crippen molar-refractivity contribution in [3.8, 4) is 0 Å². The summed E-state index contributed by atoms with van der Waals surface area (Å²) in [4.78, 5) is 35.7. The Hall–Kier alpha value is -2.21. The Bertz CT molecular complexity index is 529. The Kier molecular flexibility index (Phi) is 7.97. The zero-order valence-corrected chi connectivity index (χ0v) is 13.7. The Balaban J connectivity index is 2.60. The van der Waals surface area contributed by atoms with Crippen molar-refractivity contribution < 1.29 is 23.9 Å². The van der Waals surface area contributed by atoms with Gasteiger partial charge in [-0.3, -0.25) is 10.1 Å². The van der Waals surface area contributed by atoms with Gasteiger partial charge in [-0.05, 0) is 32.4 Å². The normalized spacial score (nSPS) is 13.0. The van der Waals surface area contributed by atoms with Crippen LogP contribution in [0.1, 0.15) is 44.0 Å². The van der Waals surface area contributed by atoms with E-state index in [1.54, 1.807) is 44.2 Å². The number of carbonyl (C=O) groups excluding carboxylic acids is 3. The number of carbonyl (C=O) groups is 3. The second-order valence-electron chi connectivity index (χ2n) is 5.06. The minimum atomic E-state index is -0.802. The van der Waals surface area contributed by atoms with Gasteiger partial charge in [0.25, 0.3) is 0 Å². The molecule has 23 heavy (non-hydrogen) atoms. The highest BCUT2D eigenvalue weighted by atomic mass is 16.6. The zero-order valence-electron chi connectivity index (χ0n) is 13.7. The van der Waals surface area contributed by atoms with Gasteiger partial charge in [-0.15, -0.1) is 0 Å². The van der Waals surface area contributed by atoms with E-state index in [9.17, 15) is 14.4 Å². The molecule has 1 rings (SSSR count). The molecule has 0 fully saturated rings. The molecule has 126 valence electrons. The van der Waals surface area contributed by atoms with E-state index in [2.05, 4.69) is 5.32 Å². The van der Waals surface area contributed by atoms with Crippen LogP contribution in [0.3, 0.4) is 0 Å². The van der Waals surface area contributed by atoms with Crippen LogP contribution in [0.15, 0.2) is 30.3 Å². The first-order chi connectivity index (χ1) is 11.0.